The smallest absolute Gasteiger partial charge is 0.418 e. The molecule has 0 unspecified atom stereocenters. The number of carbonyl (C=O) groups excluding carboxylic acids is 1. The number of anilines is 1. The van der Waals surface area contributed by atoms with Gasteiger partial charge in [0.05, 0.1) is 11.3 Å². The zero-order chi connectivity index (χ0) is 17.3. The Morgan fingerprint density at radius 3 is 2.46 bits per heavy atom. The molecule has 0 fully saturated rings. The van der Waals surface area contributed by atoms with Gasteiger partial charge in [0.2, 0.25) is 5.55 Å². The van der Waals surface area contributed by atoms with Crippen LogP contribution in [0.25, 0.3) is 11.0 Å². The van der Waals surface area contributed by atoms with E-state index in [-0.39, 0.29) is 11.3 Å². The molecule has 1 amide bonds. The molecule has 0 saturated carbocycles. The van der Waals surface area contributed by atoms with Crippen LogP contribution in [0.1, 0.15) is 15.9 Å². The third-order valence-electron chi connectivity index (χ3n) is 3.40. The van der Waals surface area contributed by atoms with Crippen molar-refractivity contribution in [3.63, 3.8) is 0 Å². The third kappa shape index (κ3) is 3.01. The summed E-state index contributed by atoms with van der Waals surface area (Å²) in [6, 6.07) is 12.8. The lowest BCUT2D eigenvalue weighted by atomic mass is 10.1. The van der Waals surface area contributed by atoms with Gasteiger partial charge in [-0.05, 0) is 24.3 Å². The predicted molar refractivity (Wildman–Crippen MR) is 81.5 cm³/mol. The number of carbonyl (C=O) groups is 1. The van der Waals surface area contributed by atoms with Gasteiger partial charge >= 0.3 is 6.18 Å². The van der Waals surface area contributed by atoms with E-state index in [2.05, 4.69) is 5.32 Å². The van der Waals surface area contributed by atoms with E-state index < -0.39 is 23.2 Å². The van der Waals surface area contributed by atoms with Gasteiger partial charge in [-0.2, -0.15) is 13.2 Å². The lowest BCUT2D eigenvalue weighted by Gasteiger charge is -2.13. The minimum absolute atomic E-state index is 0.148. The average molecular weight is 332 g/mol. The minimum Gasteiger partial charge on any atom is -0.438 e. The molecule has 0 radical (unpaired) electrons. The van der Waals surface area contributed by atoms with Crippen molar-refractivity contribution in [3.05, 3.63) is 71.3 Å². The van der Waals surface area contributed by atoms with E-state index >= 15 is 0 Å². The molecule has 3 rings (SSSR count). The molecule has 0 aliphatic rings. The van der Waals surface area contributed by atoms with Gasteiger partial charge in [0.1, 0.15) is 11.1 Å². The SMILES string of the molecule is N=c1oc2ccccc2cc1C(=O)Nc1ccccc1C(F)(F)F. The summed E-state index contributed by atoms with van der Waals surface area (Å²) in [5.74, 6) is -0.841. The normalized spacial score (nSPS) is 11.5. The molecular formula is C17H11F3N2O2. The van der Waals surface area contributed by atoms with Crippen LogP contribution in [0.3, 0.4) is 0 Å². The van der Waals surface area contributed by atoms with E-state index in [9.17, 15) is 18.0 Å². The van der Waals surface area contributed by atoms with E-state index in [1.54, 1.807) is 24.3 Å². The van der Waals surface area contributed by atoms with Gasteiger partial charge in [-0.3, -0.25) is 10.2 Å². The standard InChI is InChI=1S/C17H11F3N2O2/c18-17(19,20)12-6-2-3-7-13(12)22-16(23)11-9-10-5-1-4-8-14(10)24-15(11)21/h1-9,21H,(H,22,23). The summed E-state index contributed by atoms with van der Waals surface area (Å²) < 4.78 is 44.2. The molecule has 1 aromatic heterocycles. The van der Waals surface area contributed by atoms with Crippen LogP contribution in [0.2, 0.25) is 0 Å². The van der Waals surface area contributed by atoms with Crippen LogP contribution in [0, 0.1) is 5.41 Å². The maximum absolute atomic E-state index is 13.0. The molecule has 3 aromatic rings. The zero-order valence-electron chi connectivity index (χ0n) is 12.1. The minimum atomic E-state index is -4.60. The Bertz CT molecular complexity index is 977. The first-order valence-corrected chi connectivity index (χ1v) is 6.91. The van der Waals surface area contributed by atoms with Crippen molar-refractivity contribution in [3.8, 4) is 0 Å². The molecule has 0 atom stereocenters. The van der Waals surface area contributed by atoms with Crippen molar-refractivity contribution in [1.82, 2.24) is 0 Å². The van der Waals surface area contributed by atoms with E-state index in [4.69, 9.17) is 9.83 Å². The number of benzene rings is 2. The fourth-order valence-corrected chi connectivity index (χ4v) is 2.28. The summed E-state index contributed by atoms with van der Waals surface area (Å²) in [6.45, 7) is 0. The Morgan fingerprint density at radius 2 is 1.71 bits per heavy atom. The first kappa shape index (κ1) is 15.8. The van der Waals surface area contributed by atoms with E-state index in [1.807, 2.05) is 0 Å². The van der Waals surface area contributed by atoms with Crippen molar-refractivity contribution in [2.24, 2.45) is 0 Å². The number of hydrogen-bond donors (Lipinski definition) is 2. The van der Waals surface area contributed by atoms with Gasteiger partial charge in [0, 0.05) is 5.39 Å². The second-order valence-corrected chi connectivity index (χ2v) is 5.02. The Balaban J connectivity index is 2.00. The second-order valence-electron chi connectivity index (χ2n) is 5.02. The Morgan fingerprint density at radius 1 is 1.04 bits per heavy atom. The Hall–Kier alpha value is -3.09. The summed E-state index contributed by atoms with van der Waals surface area (Å²) in [5.41, 5.74) is -1.48. The van der Waals surface area contributed by atoms with E-state index in [0.717, 1.165) is 12.1 Å². The van der Waals surface area contributed by atoms with Crippen LogP contribution in [0.4, 0.5) is 18.9 Å². The second kappa shape index (κ2) is 5.84. The molecule has 0 aliphatic carbocycles. The lowest BCUT2D eigenvalue weighted by molar-refractivity contribution is -0.136. The predicted octanol–water partition coefficient (Wildman–Crippen LogP) is 4.18. The van der Waals surface area contributed by atoms with Crippen LogP contribution >= 0.6 is 0 Å². The lowest BCUT2D eigenvalue weighted by Crippen LogP contribution is -2.22. The molecule has 2 N–H and O–H groups in total. The molecule has 0 aliphatic heterocycles. The molecule has 7 heteroatoms. The highest BCUT2D eigenvalue weighted by Crippen LogP contribution is 2.34. The van der Waals surface area contributed by atoms with Crippen molar-refractivity contribution in [1.29, 1.82) is 5.41 Å². The number of halogens is 3. The summed E-state index contributed by atoms with van der Waals surface area (Å²) in [4.78, 5) is 12.3. The molecule has 0 spiro atoms. The maximum Gasteiger partial charge on any atom is 0.418 e. The highest BCUT2D eigenvalue weighted by Gasteiger charge is 2.33. The fourth-order valence-electron chi connectivity index (χ4n) is 2.28. The van der Waals surface area contributed by atoms with Crippen molar-refractivity contribution in [2.75, 3.05) is 5.32 Å². The Kier molecular flexibility index (Phi) is 3.84. The number of fused-ring (bicyclic) bond motifs is 1. The topological polar surface area (TPSA) is 66.1 Å². The summed E-state index contributed by atoms with van der Waals surface area (Å²) in [6.07, 6.45) is -4.60. The number of rotatable bonds is 2. The fraction of sp³-hybridized carbons (Fsp3) is 0.0588. The maximum atomic E-state index is 13.0. The van der Waals surface area contributed by atoms with Crippen molar-refractivity contribution < 1.29 is 22.4 Å². The van der Waals surface area contributed by atoms with E-state index in [1.165, 1.54) is 18.2 Å². The monoisotopic (exact) mass is 332 g/mol. The summed E-state index contributed by atoms with van der Waals surface area (Å²) in [5, 5.41) is 10.5. The van der Waals surface area contributed by atoms with Crippen LogP contribution in [-0.2, 0) is 6.18 Å². The van der Waals surface area contributed by atoms with Gasteiger partial charge < -0.3 is 9.73 Å². The number of nitrogens with one attached hydrogen (secondary N) is 2. The quantitative estimate of drug-likeness (QED) is 0.739. The van der Waals surface area contributed by atoms with Crippen LogP contribution in [0.15, 0.2) is 59.0 Å². The van der Waals surface area contributed by atoms with Crippen LogP contribution in [-0.4, -0.2) is 5.91 Å². The molecule has 4 nitrogen and oxygen atoms in total. The highest BCUT2D eigenvalue weighted by molar-refractivity contribution is 6.05. The Labute approximate surface area is 134 Å². The summed E-state index contributed by atoms with van der Waals surface area (Å²) in [7, 11) is 0. The number of amides is 1. The molecule has 1 heterocycles. The van der Waals surface area contributed by atoms with Crippen LogP contribution in [0.5, 0.6) is 0 Å². The molecule has 24 heavy (non-hydrogen) atoms. The van der Waals surface area contributed by atoms with Gasteiger partial charge in [-0.1, -0.05) is 30.3 Å². The van der Waals surface area contributed by atoms with Gasteiger partial charge in [0.25, 0.3) is 5.91 Å². The first-order valence-electron chi connectivity index (χ1n) is 6.91. The van der Waals surface area contributed by atoms with Crippen molar-refractivity contribution in [2.45, 2.75) is 6.18 Å². The van der Waals surface area contributed by atoms with Crippen molar-refractivity contribution >= 4 is 22.6 Å². The van der Waals surface area contributed by atoms with Crippen LogP contribution < -0.4 is 10.9 Å². The van der Waals surface area contributed by atoms with E-state index in [0.29, 0.717) is 11.0 Å². The number of para-hydroxylation sites is 2. The number of alkyl halides is 3. The molecular weight excluding hydrogens is 321 g/mol. The number of hydrogen-bond acceptors (Lipinski definition) is 3. The first-order chi connectivity index (χ1) is 11.4. The van der Waals surface area contributed by atoms with Gasteiger partial charge in [0.15, 0.2) is 0 Å². The molecule has 122 valence electrons. The van der Waals surface area contributed by atoms with Gasteiger partial charge in [-0.15, -0.1) is 0 Å². The zero-order valence-corrected chi connectivity index (χ0v) is 12.1. The summed E-state index contributed by atoms with van der Waals surface area (Å²) >= 11 is 0. The molecule has 0 bridgehead atoms. The highest BCUT2D eigenvalue weighted by atomic mass is 19.4. The largest absolute Gasteiger partial charge is 0.438 e. The molecule has 0 saturated heterocycles. The average Bonchev–Trinajstić information content (AvgIpc) is 2.53. The molecule has 2 aromatic carbocycles. The third-order valence-corrected chi connectivity index (χ3v) is 3.40. The van der Waals surface area contributed by atoms with Gasteiger partial charge in [-0.25, -0.2) is 0 Å².